The Labute approximate surface area is 216 Å². The summed E-state index contributed by atoms with van der Waals surface area (Å²) in [4.78, 5) is 44.7. The van der Waals surface area contributed by atoms with Crippen LogP contribution in [0.15, 0.2) is 30.3 Å². The molecule has 2 atom stereocenters. The van der Waals surface area contributed by atoms with Crippen LogP contribution in [0.4, 0.5) is 0 Å². The predicted molar refractivity (Wildman–Crippen MR) is 139 cm³/mol. The van der Waals surface area contributed by atoms with Gasteiger partial charge in [0.15, 0.2) is 11.6 Å². The molecule has 3 rings (SSSR count). The molecule has 36 heavy (non-hydrogen) atoms. The average Bonchev–Trinajstić information content (AvgIpc) is 3.30. The lowest BCUT2D eigenvalue weighted by Crippen LogP contribution is -2.49. The first-order chi connectivity index (χ1) is 17.3. The van der Waals surface area contributed by atoms with E-state index in [1.807, 2.05) is 50.4 Å². The van der Waals surface area contributed by atoms with Crippen molar-refractivity contribution in [3.8, 4) is 11.4 Å². The Kier molecular flexibility index (Phi) is 10.3. The molecule has 0 fully saturated rings. The molecule has 0 spiro atoms. The van der Waals surface area contributed by atoms with Crippen LogP contribution in [0, 0.1) is 5.92 Å². The van der Waals surface area contributed by atoms with Gasteiger partial charge in [-0.25, -0.2) is 9.67 Å². The zero-order valence-corrected chi connectivity index (χ0v) is 22.0. The van der Waals surface area contributed by atoms with Gasteiger partial charge in [-0.1, -0.05) is 44.2 Å². The van der Waals surface area contributed by atoms with Crippen molar-refractivity contribution in [2.75, 3.05) is 31.7 Å². The molecule has 1 aromatic carbocycles. The lowest BCUT2D eigenvalue weighted by atomic mass is 10.0. The largest absolute Gasteiger partial charge is 0.387 e. The van der Waals surface area contributed by atoms with Crippen LogP contribution >= 0.6 is 11.8 Å². The Hall–Kier alpha value is -2.92. The number of rotatable bonds is 6. The van der Waals surface area contributed by atoms with Crippen molar-refractivity contribution in [1.82, 2.24) is 30.3 Å². The van der Waals surface area contributed by atoms with Crippen molar-refractivity contribution in [3.05, 3.63) is 36.2 Å². The molecule has 2 aromatic rings. The summed E-state index contributed by atoms with van der Waals surface area (Å²) in [6.07, 6.45) is 3.06. The Bertz CT molecular complexity index is 1030. The number of amides is 3. The summed E-state index contributed by atoms with van der Waals surface area (Å²) in [6.45, 7) is 4.33. The number of nitrogens with zero attached hydrogens (tertiary/aromatic N) is 4. The molecule has 1 aliphatic rings. The van der Waals surface area contributed by atoms with Gasteiger partial charge in [0.1, 0.15) is 12.6 Å². The van der Waals surface area contributed by atoms with Crippen LogP contribution in [0.5, 0.6) is 0 Å². The van der Waals surface area contributed by atoms with Gasteiger partial charge in [0.25, 0.3) is 0 Å². The van der Waals surface area contributed by atoms with Crippen molar-refractivity contribution in [1.29, 1.82) is 0 Å². The van der Waals surface area contributed by atoms with Gasteiger partial charge in [-0.3, -0.25) is 14.4 Å². The summed E-state index contributed by atoms with van der Waals surface area (Å²) in [6, 6.07) is 8.45. The number of nitrogens with one attached hydrogen (secondary N) is 2. The fourth-order valence-corrected chi connectivity index (χ4v) is 4.59. The molecular formula is C25H36N6O4S. The smallest absolute Gasteiger partial charge is 0.248 e. The fraction of sp³-hybridized carbons (Fsp3) is 0.560. The minimum atomic E-state index is -0.672. The first kappa shape index (κ1) is 27.7. The zero-order valence-electron chi connectivity index (χ0n) is 21.1. The number of aliphatic hydroxyl groups excluding tert-OH is 1. The summed E-state index contributed by atoms with van der Waals surface area (Å²) in [5, 5.41) is 20.2. The Morgan fingerprint density at radius 2 is 1.92 bits per heavy atom. The lowest BCUT2D eigenvalue weighted by Gasteiger charge is -2.27. The fourth-order valence-electron chi connectivity index (χ4n) is 4.12. The SMILES string of the molecule is CSCC[C@@H]1NC(=O)CCCN(C(=O)CO)CCn2nc(-c3ccccc3)nc2[C@@H](C(C)C)NC1=O. The van der Waals surface area contributed by atoms with Crippen LogP contribution in [0.3, 0.4) is 0 Å². The van der Waals surface area contributed by atoms with E-state index in [0.29, 0.717) is 44.1 Å². The molecule has 10 nitrogen and oxygen atoms in total. The van der Waals surface area contributed by atoms with Crippen molar-refractivity contribution in [2.45, 2.75) is 51.7 Å². The molecule has 0 radical (unpaired) electrons. The van der Waals surface area contributed by atoms with Gasteiger partial charge in [-0.05, 0) is 30.8 Å². The Morgan fingerprint density at radius 3 is 2.58 bits per heavy atom. The second-order valence-electron chi connectivity index (χ2n) is 9.16. The number of benzene rings is 1. The molecule has 0 unspecified atom stereocenters. The molecule has 11 heteroatoms. The normalized spacial score (nSPS) is 19.9. The number of hydrogen-bond donors (Lipinski definition) is 3. The molecule has 0 bridgehead atoms. The summed E-state index contributed by atoms with van der Waals surface area (Å²) in [7, 11) is 0. The maximum absolute atomic E-state index is 13.3. The highest BCUT2D eigenvalue weighted by Gasteiger charge is 2.30. The third-order valence-corrected chi connectivity index (χ3v) is 6.78. The highest BCUT2D eigenvalue weighted by Crippen LogP contribution is 2.24. The van der Waals surface area contributed by atoms with Crippen molar-refractivity contribution in [2.24, 2.45) is 5.92 Å². The van der Waals surface area contributed by atoms with Gasteiger partial charge in [-0.15, -0.1) is 0 Å². The van der Waals surface area contributed by atoms with Crippen molar-refractivity contribution in [3.63, 3.8) is 0 Å². The topological polar surface area (TPSA) is 129 Å². The molecule has 1 aromatic heterocycles. The molecule has 0 saturated heterocycles. The Balaban J connectivity index is 2.02. The molecule has 2 heterocycles. The number of aromatic nitrogens is 3. The van der Waals surface area contributed by atoms with Crippen LogP contribution in [-0.4, -0.2) is 80.2 Å². The number of fused-ring (bicyclic) bond motifs is 1. The van der Waals surface area contributed by atoms with Crippen LogP contribution in [0.25, 0.3) is 11.4 Å². The van der Waals surface area contributed by atoms with Gasteiger partial charge in [0.05, 0.1) is 12.6 Å². The minimum Gasteiger partial charge on any atom is -0.387 e. The van der Waals surface area contributed by atoms with Gasteiger partial charge in [-0.2, -0.15) is 16.9 Å². The second-order valence-corrected chi connectivity index (χ2v) is 10.1. The molecule has 1 aliphatic heterocycles. The number of carbonyl (C=O) groups is 3. The predicted octanol–water partition coefficient (Wildman–Crippen LogP) is 1.61. The molecular weight excluding hydrogens is 480 g/mol. The molecule has 196 valence electrons. The number of thioether (sulfide) groups is 1. The van der Waals surface area contributed by atoms with Gasteiger partial charge in [0, 0.05) is 25.1 Å². The third kappa shape index (κ3) is 7.30. The summed E-state index contributed by atoms with van der Waals surface area (Å²) < 4.78 is 1.74. The minimum absolute atomic E-state index is 0.0134. The maximum atomic E-state index is 13.3. The van der Waals surface area contributed by atoms with Crippen molar-refractivity contribution < 1.29 is 19.5 Å². The van der Waals surface area contributed by atoms with E-state index in [4.69, 9.17) is 10.1 Å². The molecule has 3 amide bonds. The molecule has 0 aliphatic carbocycles. The van der Waals surface area contributed by atoms with E-state index in [1.54, 1.807) is 21.3 Å². The van der Waals surface area contributed by atoms with E-state index in [1.165, 1.54) is 0 Å². The summed E-state index contributed by atoms with van der Waals surface area (Å²) >= 11 is 1.61. The zero-order chi connectivity index (χ0) is 26.1. The van der Waals surface area contributed by atoms with E-state index >= 15 is 0 Å². The number of carbonyl (C=O) groups excluding carboxylic acids is 3. The van der Waals surface area contributed by atoms with E-state index in [2.05, 4.69) is 10.6 Å². The monoisotopic (exact) mass is 516 g/mol. The van der Waals surface area contributed by atoms with E-state index in [9.17, 15) is 19.5 Å². The van der Waals surface area contributed by atoms with Crippen molar-refractivity contribution >= 4 is 29.5 Å². The quantitative estimate of drug-likeness (QED) is 0.532. The lowest BCUT2D eigenvalue weighted by molar-refractivity contribution is -0.135. The first-order valence-corrected chi connectivity index (χ1v) is 13.7. The molecule has 3 N–H and O–H groups in total. The van der Waals surface area contributed by atoms with E-state index < -0.39 is 24.6 Å². The van der Waals surface area contributed by atoms with Crippen LogP contribution < -0.4 is 10.6 Å². The second kappa shape index (κ2) is 13.4. The van der Waals surface area contributed by atoms with Gasteiger partial charge < -0.3 is 20.6 Å². The highest BCUT2D eigenvalue weighted by molar-refractivity contribution is 7.98. The first-order valence-electron chi connectivity index (χ1n) is 12.3. The van der Waals surface area contributed by atoms with Crippen LogP contribution in [0.2, 0.25) is 0 Å². The summed E-state index contributed by atoms with van der Waals surface area (Å²) in [5.41, 5.74) is 0.845. The van der Waals surface area contributed by atoms with Crippen LogP contribution in [0.1, 0.15) is 45.0 Å². The number of aliphatic hydroxyl groups is 1. The standard InChI is InChI=1S/C25H36N6O4S/c1-17(2)22-24-28-23(18-8-5-4-6-9-18)29-31(24)14-13-30(21(34)16-32)12-7-10-20(33)26-19(11-15-36-3)25(35)27-22/h4-6,8-9,17,19,22,32H,7,10-16H2,1-3H3,(H,26,33)(H,27,35)/t19-,22+/m0/s1. The van der Waals surface area contributed by atoms with E-state index in [0.717, 1.165) is 11.3 Å². The van der Waals surface area contributed by atoms with Gasteiger partial charge >= 0.3 is 0 Å². The molecule has 0 saturated carbocycles. The van der Waals surface area contributed by atoms with E-state index in [-0.39, 0.29) is 24.2 Å². The maximum Gasteiger partial charge on any atom is 0.248 e. The highest BCUT2D eigenvalue weighted by atomic mass is 32.2. The van der Waals surface area contributed by atoms with Crippen LogP contribution in [-0.2, 0) is 20.9 Å². The third-order valence-electron chi connectivity index (χ3n) is 6.14. The number of hydrogen-bond acceptors (Lipinski definition) is 7. The summed E-state index contributed by atoms with van der Waals surface area (Å²) in [5.74, 6) is 0.932. The average molecular weight is 517 g/mol. The van der Waals surface area contributed by atoms with Gasteiger partial charge in [0.2, 0.25) is 17.7 Å². The Morgan fingerprint density at radius 1 is 1.17 bits per heavy atom.